The maximum Gasteiger partial charge on any atom is 0.249 e. The van der Waals surface area contributed by atoms with Gasteiger partial charge in [-0.3, -0.25) is 4.79 Å². The van der Waals surface area contributed by atoms with Crippen molar-refractivity contribution in [2.75, 3.05) is 36.5 Å². The normalized spacial score (nSPS) is 14.6. The number of rotatable bonds is 4. The highest BCUT2D eigenvalue weighted by atomic mass is 16.5. The molecule has 5 heteroatoms. The molecule has 1 amide bonds. The number of nitrogens with one attached hydrogen (secondary N) is 1. The number of carbonyl (C=O) groups excluding carboxylic acids is 1. The number of carbonyl (C=O) groups is 1. The van der Waals surface area contributed by atoms with Crippen LogP contribution >= 0.6 is 0 Å². The van der Waals surface area contributed by atoms with E-state index < -0.39 is 0 Å². The van der Waals surface area contributed by atoms with E-state index in [2.05, 4.69) is 33.4 Å². The number of benzene rings is 2. The largest absolute Gasteiger partial charge is 0.378 e. The van der Waals surface area contributed by atoms with Crippen LogP contribution in [0.25, 0.3) is 16.8 Å². The van der Waals surface area contributed by atoms with Crippen molar-refractivity contribution in [1.29, 1.82) is 0 Å². The Morgan fingerprint density at radius 3 is 2.67 bits per heavy atom. The molecule has 1 aromatic heterocycles. The third kappa shape index (κ3) is 4.15. The Bertz CT molecular complexity index is 955. The van der Waals surface area contributed by atoms with Crippen LogP contribution in [-0.4, -0.2) is 37.2 Å². The molecule has 5 nitrogen and oxygen atoms in total. The highest BCUT2D eigenvalue weighted by Crippen LogP contribution is 2.20. The molecule has 2 aromatic carbocycles. The number of anilines is 2. The summed E-state index contributed by atoms with van der Waals surface area (Å²) in [6.07, 6.45) is 5.16. The second-order valence-corrected chi connectivity index (χ2v) is 6.39. The summed E-state index contributed by atoms with van der Waals surface area (Å²) in [7, 11) is 0. The maximum absolute atomic E-state index is 12.2. The predicted octanol–water partition coefficient (Wildman–Crippen LogP) is 3.72. The lowest BCUT2D eigenvalue weighted by Gasteiger charge is -2.28. The van der Waals surface area contributed by atoms with Gasteiger partial charge in [0, 0.05) is 19.2 Å². The van der Waals surface area contributed by atoms with Crippen LogP contribution in [0.5, 0.6) is 0 Å². The van der Waals surface area contributed by atoms with Gasteiger partial charge in [-0.05, 0) is 34.5 Å². The zero-order valence-electron chi connectivity index (χ0n) is 15.0. The number of morpholine rings is 1. The topological polar surface area (TPSA) is 54.5 Å². The van der Waals surface area contributed by atoms with Crippen molar-refractivity contribution in [3.63, 3.8) is 0 Å². The van der Waals surface area contributed by atoms with E-state index in [0.29, 0.717) is 5.82 Å². The van der Waals surface area contributed by atoms with Crippen LogP contribution in [0.4, 0.5) is 11.5 Å². The summed E-state index contributed by atoms with van der Waals surface area (Å²) >= 11 is 0. The van der Waals surface area contributed by atoms with Crippen LogP contribution in [-0.2, 0) is 9.53 Å². The van der Waals surface area contributed by atoms with Gasteiger partial charge < -0.3 is 15.0 Å². The first-order valence-corrected chi connectivity index (χ1v) is 9.05. The number of fused-ring (bicyclic) bond motifs is 1. The fourth-order valence-corrected chi connectivity index (χ4v) is 3.20. The van der Waals surface area contributed by atoms with E-state index in [1.54, 1.807) is 12.3 Å². The fourth-order valence-electron chi connectivity index (χ4n) is 3.20. The molecular weight excluding hydrogens is 338 g/mol. The molecule has 0 aliphatic carbocycles. The first kappa shape index (κ1) is 17.2. The zero-order chi connectivity index (χ0) is 18.5. The van der Waals surface area contributed by atoms with Crippen LogP contribution in [0.2, 0.25) is 0 Å². The van der Waals surface area contributed by atoms with Gasteiger partial charge in [-0.15, -0.1) is 0 Å². The van der Waals surface area contributed by atoms with Crippen molar-refractivity contribution in [2.45, 2.75) is 0 Å². The second-order valence-electron chi connectivity index (χ2n) is 6.39. The molecule has 1 N–H and O–H groups in total. The maximum atomic E-state index is 12.2. The molecule has 0 spiro atoms. The van der Waals surface area contributed by atoms with Crippen molar-refractivity contribution in [3.05, 3.63) is 72.4 Å². The average molecular weight is 359 g/mol. The number of pyridine rings is 1. The summed E-state index contributed by atoms with van der Waals surface area (Å²) in [5, 5.41) is 5.09. The molecule has 1 aliphatic rings. The van der Waals surface area contributed by atoms with Gasteiger partial charge >= 0.3 is 0 Å². The average Bonchev–Trinajstić information content (AvgIpc) is 2.73. The van der Waals surface area contributed by atoms with Gasteiger partial charge in [-0.2, -0.15) is 0 Å². The first-order chi connectivity index (χ1) is 13.3. The Morgan fingerprint density at radius 1 is 1.04 bits per heavy atom. The van der Waals surface area contributed by atoms with Crippen LogP contribution in [0, 0.1) is 0 Å². The summed E-state index contributed by atoms with van der Waals surface area (Å²) in [4.78, 5) is 18.8. The second kappa shape index (κ2) is 8.01. The Hall–Kier alpha value is -3.18. The summed E-state index contributed by atoms with van der Waals surface area (Å²) in [5.74, 6) is 0.342. The minimum absolute atomic E-state index is 0.199. The van der Waals surface area contributed by atoms with Crippen molar-refractivity contribution >= 4 is 34.3 Å². The lowest BCUT2D eigenvalue weighted by molar-refractivity contribution is -0.111. The molecular formula is C22H21N3O2. The SMILES string of the molecule is O=C(/C=C/c1cccc2ccccc12)Nc1ccc(N2CCOCC2)cn1. The molecule has 0 atom stereocenters. The van der Waals surface area contributed by atoms with E-state index in [1.165, 1.54) is 0 Å². The first-order valence-electron chi connectivity index (χ1n) is 9.05. The number of hydrogen-bond donors (Lipinski definition) is 1. The molecule has 0 unspecified atom stereocenters. The molecule has 0 radical (unpaired) electrons. The van der Waals surface area contributed by atoms with Gasteiger partial charge in [0.15, 0.2) is 0 Å². The van der Waals surface area contributed by atoms with E-state index in [9.17, 15) is 4.79 Å². The highest BCUT2D eigenvalue weighted by molar-refractivity contribution is 6.03. The molecule has 4 rings (SSSR count). The number of amides is 1. The summed E-state index contributed by atoms with van der Waals surface area (Å²) in [6, 6.07) is 18.0. The number of aromatic nitrogens is 1. The van der Waals surface area contributed by atoms with Crippen molar-refractivity contribution in [3.8, 4) is 0 Å². The van der Waals surface area contributed by atoms with Crippen molar-refractivity contribution in [2.24, 2.45) is 0 Å². The van der Waals surface area contributed by atoms with Crippen LogP contribution < -0.4 is 10.2 Å². The van der Waals surface area contributed by atoms with Crippen molar-refractivity contribution in [1.82, 2.24) is 4.98 Å². The summed E-state index contributed by atoms with van der Waals surface area (Å²) < 4.78 is 5.36. The van der Waals surface area contributed by atoms with Gasteiger partial charge in [0.25, 0.3) is 0 Å². The fraction of sp³-hybridized carbons (Fsp3) is 0.182. The molecule has 3 aromatic rings. The lowest BCUT2D eigenvalue weighted by atomic mass is 10.0. The molecule has 2 heterocycles. The minimum atomic E-state index is -0.199. The zero-order valence-corrected chi connectivity index (χ0v) is 15.0. The van der Waals surface area contributed by atoms with E-state index in [1.807, 2.05) is 42.5 Å². The molecule has 1 fully saturated rings. The van der Waals surface area contributed by atoms with E-state index >= 15 is 0 Å². The number of ether oxygens (including phenoxy) is 1. The Balaban J connectivity index is 1.42. The predicted molar refractivity (Wildman–Crippen MR) is 109 cm³/mol. The van der Waals surface area contributed by atoms with E-state index in [0.717, 1.165) is 48.3 Å². The standard InChI is InChI=1S/C22H21N3O2/c26-22(11-8-18-6-3-5-17-4-1-2-7-20(17)18)24-21-10-9-19(16-23-21)25-12-14-27-15-13-25/h1-11,16H,12-15H2,(H,23,24,26)/b11-8+. The molecule has 136 valence electrons. The summed E-state index contributed by atoms with van der Waals surface area (Å²) in [5.41, 5.74) is 2.06. The van der Waals surface area contributed by atoms with Crippen LogP contribution in [0.3, 0.4) is 0 Å². The number of hydrogen-bond acceptors (Lipinski definition) is 4. The highest BCUT2D eigenvalue weighted by Gasteiger charge is 2.11. The molecule has 1 saturated heterocycles. The smallest absolute Gasteiger partial charge is 0.249 e. The van der Waals surface area contributed by atoms with E-state index in [-0.39, 0.29) is 5.91 Å². The molecule has 27 heavy (non-hydrogen) atoms. The Morgan fingerprint density at radius 2 is 1.85 bits per heavy atom. The Labute approximate surface area is 158 Å². The van der Waals surface area contributed by atoms with Gasteiger partial charge in [0.1, 0.15) is 5.82 Å². The molecule has 1 aliphatic heterocycles. The van der Waals surface area contributed by atoms with Gasteiger partial charge in [0.2, 0.25) is 5.91 Å². The van der Waals surface area contributed by atoms with Gasteiger partial charge in [-0.1, -0.05) is 42.5 Å². The monoisotopic (exact) mass is 359 g/mol. The lowest BCUT2D eigenvalue weighted by Crippen LogP contribution is -2.36. The third-order valence-corrected chi connectivity index (χ3v) is 4.61. The molecule has 0 saturated carbocycles. The number of nitrogens with zero attached hydrogens (tertiary/aromatic N) is 2. The Kier molecular flexibility index (Phi) is 5.12. The van der Waals surface area contributed by atoms with Crippen LogP contribution in [0.15, 0.2) is 66.9 Å². The van der Waals surface area contributed by atoms with E-state index in [4.69, 9.17) is 4.74 Å². The molecule has 0 bridgehead atoms. The van der Waals surface area contributed by atoms with Crippen molar-refractivity contribution < 1.29 is 9.53 Å². The van der Waals surface area contributed by atoms with Crippen LogP contribution in [0.1, 0.15) is 5.56 Å². The summed E-state index contributed by atoms with van der Waals surface area (Å²) in [6.45, 7) is 3.19. The minimum Gasteiger partial charge on any atom is -0.378 e. The third-order valence-electron chi connectivity index (χ3n) is 4.61. The van der Waals surface area contributed by atoms with Gasteiger partial charge in [0.05, 0.1) is 25.1 Å². The quantitative estimate of drug-likeness (QED) is 0.722. The van der Waals surface area contributed by atoms with Gasteiger partial charge in [-0.25, -0.2) is 4.98 Å².